The van der Waals surface area contributed by atoms with Crippen LogP contribution in [0.25, 0.3) is 0 Å². The molecule has 1 saturated heterocycles. The molecule has 0 saturated carbocycles. The van der Waals surface area contributed by atoms with Crippen LogP contribution in [0.1, 0.15) is 50.3 Å². The van der Waals surface area contributed by atoms with E-state index in [4.69, 9.17) is 5.73 Å². The fourth-order valence-corrected chi connectivity index (χ4v) is 2.88. The molecule has 3 heteroatoms. The molecule has 1 aliphatic heterocycles. The van der Waals surface area contributed by atoms with E-state index in [2.05, 4.69) is 28.9 Å². The maximum Gasteiger partial charge on any atom is 0.0542 e. The van der Waals surface area contributed by atoms with E-state index >= 15 is 0 Å². The first-order valence-corrected chi connectivity index (χ1v) is 7.21. The van der Waals surface area contributed by atoms with Crippen LogP contribution in [-0.4, -0.2) is 22.5 Å². The van der Waals surface area contributed by atoms with Gasteiger partial charge in [-0.15, -0.1) is 0 Å². The highest BCUT2D eigenvalue weighted by Gasteiger charge is 2.19. The van der Waals surface area contributed by atoms with Gasteiger partial charge in [-0.2, -0.15) is 0 Å². The van der Waals surface area contributed by atoms with Gasteiger partial charge in [0.15, 0.2) is 0 Å². The van der Waals surface area contributed by atoms with Crippen molar-refractivity contribution in [2.75, 3.05) is 6.54 Å². The lowest BCUT2D eigenvalue weighted by Crippen LogP contribution is -2.33. The first-order valence-electron chi connectivity index (χ1n) is 7.21. The molecular weight excluding hydrogens is 222 g/mol. The Morgan fingerprint density at radius 1 is 1.39 bits per heavy atom. The van der Waals surface area contributed by atoms with Crippen LogP contribution in [0.3, 0.4) is 0 Å². The summed E-state index contributed by atoms with van der Waals surface area (Å²) in [5, 5.41) is 0. The van der Waals surface area contributed by atoms with E-state index in [0.717, 1.165) is 18.3 Å². The Hall–Kier alpha value is -0.930. The number of nitrogens with zero attached hydrogens (tertiary/aromatic N) is 2. The summed E-state index contributed by atoms with van der Waals surface area (Å²) in [7, 11) is 0. The lowest BCUT2D eigenvalue weighted by molar-refractivity contribution is 0.186. The van der Waals surface area contributed by atoms with Crippen molar-refractivity contribution in [2.45, 2.75) is 58.2 Å². The van der Waals surface area contributed by atoms with E-state index in [1.807, 2.05) is 6.20 Å². The second-order valence-corrected chi connectivity index (χ2v) is 5.24. The molecule has 1 aliphatic rings. The molecule has 0 aliphatic carbocycles. The van der Waals surface area contributed by atoms with Gasteiger partial charge in [0.25, 0.3) is 0 Å². The van der Waals surface area contributed by atoms with Gasteiger partial charge in [0.05, 0.1) is 5.69 Å². The summed E-state index contributed by atoms with van der Waals surface area (Å²) >= 11 is 0. The topological polar surface area (TPSA) is 42.2 Å². The molecule has 0 spiro atoms. The smallest absolute Gasteiger partial charge is 0.0542 e. The molecular formula is C15H25N3. The van der Waals surface area contributed by atoms with Crippen LogP contribution >= 0.6 is 0 Å². The van der Waals surface area contributed by atoms with Crippen molar-refractivity contribution in [3.8, 4) is 0 Å². The molecule has 0 bridgehead atoms. The lowest BCUT2D eigenvalue weighted by Gasteiger charge is -2.29. The summed E-state index contributed by atoms with van der Waals surface area (Å²) in [5.41, 5.74) is 8.00. The summed E-state index contributed by atoms with van der Waals surface area (Å²) in [4.78, 5) is 6.91. The molecule has 2 heterocycles. The molecule has 0 amide bonds. The fraction of sp³-hybridized carbons (Fsp3) is 0.667. The Kier molecular flexibility index (Phi) is 5.14. The average Bonchev–Trinajstić information content (AvgIpc) is 2.64. The molecule has 0 aromatic carbocycles. The third kappa shape index (κ3) is 3.53. The van der Waals surface area contributed by atoms with Gasteiger partial charge in [-0.25, -0.2) is 0 Å². The highest BCUT2D eigenvalue weighted by molar-refractivity contribution is 5.16. The summed E-state index contributed by atoms with van der Waals surface area (Å²) < 4.78 is 0. The van der Waals surface area contributed by atoms with E-state index in [0.29, 0.717) is 6.54 Å². The number of hydrogen-bond acceptors (Lipinski definition) is 3. The van der Waals surface area contributed by atoms with Crippen molar-refractivity contribution >= 4 is 0 Å². The number of nitrogens with two attached hydrogens (primary N) is 1. The summed E-state index contributed by atoms with van der Waals surface area (Å²) in [5.74, 6) is 0. The van der Waals surface area contributed by atoms with E-state index in [1.165, 1.54) is 44.2 Å². The molecule has 1 atom stereocenters. The number of rotatable bonds is 4. The second kappa shape index (κ2) is 6.86. The summed E-state index contributed by atoms with van der Waals surface area (Å²) in [6.07, 6.45) is 8.61. The Labute approximate surface area is 110 Å². The Morgan fingerprint density at radius 3 is 3.06 bits per heavy atom. The minimum absolute atomic E-state index is 0.533. The third-order valence-corrected chi connectivity index (χ3v) is 3.95. The van der Waals surface area contributed by atoms with E-state index in [-0.39, 0.29) is 0 Å². The summed E-state index contributed by atoms with van der Waals surface area (Å²) in [6, 6.07) is 5.02. The van der Waals surface area contributed by atoms with Crippen molar-refractivity contribution in [2.24, 2.45) is 5.73 Å². The number of aromatic nitrogens is 1. The highest BCUT2D eigenvalue weighted by atomic mass is 15.2. The van der Waals surface area contributed by atoms with E-state index < -0.39 is 0 Å². The highest BCUT2D eigenvalue weighted by Crippen LogP contribution is 2.21. The van der Waals surface area contributed by atoms with Crippen LogP contribution in [-0.2, 0) is 13.1 Å². The van der Waals surface area contributed by atoms with Crippen molar-refractivity contribution in [3.05, 3.63) is 29.6 Å². The first kappa shape index (κ1) is 13.5. The lowest BCUT2D eigenvalue weighted by atomic mass is 10.1. The van der Waals surface area contributed by atoms with Crippen LogP contribution in [0.2, 0.25) is 0 Å². The maximum absolute atomic E-state index is 5.65. The number of pyridine rings is 1. The minimum atomic E-state index is 0.533. The molecule has 18 heavy (non-hydrogen) atoms. The third-order valence-electron chi connectivity index (χ3n) is 3.95. The predicted molar refractivity (Wildman–Crippen MR) is 75.1 cm³/mol. The molecule has 1 unspecified atom stereocenters. The van der Waals surface area contributed by atoms with Gasteiger partial charge in [-0.05, 0) is 43.5 Å². The van der Waals surface area contributed by atoms with Gasteiger partial charge in [-0.1, -0.05) is 19.8 Å². The fourth-order valence-electron chi connectivity index (χ4n) is 2.88. The quantitative estimate of drug-likeness (QED) is 0.889. The zero-order chi connectivity index (χ0) is 12.8. The van der Waals surface area contributed by atoms with Gasteiger partial charge in [0.2, 0.25) is 0 Å². The Bertz CT molecular complexity index is 365. The second-order valence-electron chi connectivity index (χ2n) is 5.24. The standard InChI is InChI=1S/C15H25N3/c1-2-15-6-4-3-5-9-18(15)12-13-7-8-17-14(10-13)11-16/h7-8,10,15H,2-6,9,11-12,16H2,1H3. The van der Waals surface area contributed by atoms with Crippen LogP contribution in [0.5, 0.6) is 0 Å². The average molecular weight is 247 g/mol. The normalized spacial score (nSPS) is 21.8. The number of hydrogen-bond donors (Lipinski definition) is 1. The monoisotopic (exact) mass is 247 g/mol. The van der Waals surface area contributed by atoms with Gasteiger partial charge in [0.1, 0.15) is 0 Å². The van der Waals surface area contributed by atoms with Gasteiger partial charge < -0.3 is 5.73 Å². The summed E-state index contributed by atoms with van der Waals surface area (Å²) in [6.45, 7) is 5.12. The van der Waals surface area contributed by atoms with Crippen molar-refractivity contribution in [1.82, 2.24) is 9.88 Å². The van der Waals surface area contributed by atoms with E-state index in [1.54, 1.807) is 0 Å². The molecule has 1 fully saturated rings. The molecule has 2 rings (SSSR count). The van der Waals surface area contributed by atoms with Crippen LogP contribution < -0.4 is 5.73 Å². The zero-order valence-corrected chi connectivity index (χ0v) is 11.4. The zero-order valence-electron chi connectivity index (χ0n) is 11.4. The van der Waals surface area contributed by atoms with Crippen LogP contribution in [0.4, 0.5) is 0 Å². The molecule has 0 radical (unpaired) electrons. The Balaban J connectivity index is 2.05. The van der Waals surface area contributed by atoms with Gasteiger partial charge in [0, 0.05) is 25.3 Å². The molecule has 100 valence electrons. The maximum atomic E-state index is 5.65. The van der Waals surface area contributed by atoms with Crippen molar-refractivity contribution in [1.29, 1.82) is 0 Å². The predicted octanol–water partition coefficient (Wildman–Crippen LogP) is 2.69. The molecule has 3 nitrogen and oxygen atoms in total. The largest absolute Gasteiger partial charge is 0.325 e. The Morgan fingerprint density at radius 2 is 2.28 bits per heavy atom. The molecule has 1 aromatic heterocycles. The minimum Gasteiger partial charge on any atom is -0.325 e. The number of likely N-dealkylation sites (tertiary alicyclic amines) is 1. The molecule has 2 N–H and O–H groups in total. The first-order chi connectivity index (χ1) is 8.83. The molecule has 1 aromatic rings. The van der Waals surface area contributed by atoms with Crippen molar-refractivity contribution in [3.63, 3.8) is 0 Å². The van der Waals surface area contributed by atoms with Gasteiger partial charge >= 0.3 is 0 Å². The van der Waals surface area contributed by atoms with Crippen LogP contribution in [0.15, 0.2) is 18.3 Å². The SMILES string of the molecule is CCC1CCCCCN1Cc1ccnc(CN)c1. The van der Waals surface area contributed by atoms with Crippen molar-refractivity contribution < 1.29 is 0 Å². The van der Waals surface area contributed by atoms with Gasteiger partial charge in [-0.3, -0.25) is 9.88 Å². The van der Waals surface area contributed by atoms with Crippen LogP contribution in [0, 0.1) is 0 Å². The van der Waals surface area contributed by atoms with E-state index in [9.17, 15) is 0 Å².